The van der Waals surface area contributed by atoms with Gasteiger partial charge < -0.3 is 15.5 Å². The van der Waals surface area contributed by atoms with E-state index in [0.29, 0.717) is 32.3 Å². The van der Waals surface area contributed by atoms with E-state index in [-0.39, 0.29) is 23.1 Å². The number of aromatic nitrogens is 1. The summed E-state index contributed by atoms with van der Waals surface area (Å²) in [6, 6.07) is 22.8. The Labute approximate surface area is 233 Å². The third-order valence-electron chi connectivity index (χ3n) is 5.47. The third kappa shape index (κ3) is 7.17. The van der Waals surface area contributed by atoms with Crippen molar-refractivity contribution in [2.45, 2.75) is 9.79 Å². The van der Waals surface area contributed by atoms with Crippen LogP contribution in [-0.4, -0.2) is 34.7 Å². The first-order valence-corrected chi connectivity index (χ1v) is 12.7. The molecule has 0 saturated carbocycles. The van der Waals surface area contributed by atoms with Crippen LogP contribution in [0.15, 0.2) is 107 Å². The zero-order valence-electron chi connectivity index (χ0n) is 21.2. The Morgan fingerprint density at radius 3 is 2.45 bits per heavy atom. The summed E-state index contributed by atoms with van der Waals surface area (Å²) in [5.74, 6) is -0.119. The fourth-order valence-electron chi connectivity index (χ4n) is 3.54. The molecule has 10 nitrogen and oxygen atoms in total. The van der Waals surface area contributed by atoms with Crippen molar-refractivity contribution in [3.63, 3.8) is 0 Å². The first-order chi connectivity index (χ1) is 19.3. The van der Waals surface area contributed by atoms with E-state index in [1.165, 1.54) is 36.0 Å². The summed E-state index contributed by atoms with van der Waals surface area (Å²) in [6.45, 7) is 0. The molecule has 0 unspecified atom stereocenters. The lowest BCUT2D eigenvalue weighted by atomic mass is 10.1. The molecule has 0 spiro atoms. The summed E-state index contributed by atoms with van der Waals surface area (Å²) >= 11 is 1.32. The van der Waals surface area contributed by atoms with Crippen molar-refractivity contribution < 1.29 is 19.2 Å². The van der Waals surface area contributed by atoms with Crippen LogP contribution in [0.25, 0.3) is 6.08 Å². The molecule has 3 N–H and O–H groups in total. The number of nitrogens with zero attached hydrogens (tertiary/aromatic N) is 2. The lowest BCUT2D eigenvalue weighted by molar-refractivity contribution is -0.384. The number of hydrogen-bond acceptors (Lipinski definition) is 8. The van der Waals surface area contributed by atoms with Crippen LogP contribution in [0.1, 0.15) is 21.6 Å². The Bertz CT molecular complexity index is 1590. The fraction of sp³-hybridized carbons (Fsp3) is 0.0345. The normalized spacial score (nSPS) is 10.6. The molecule has 0 radical (unpaired) electrons. The Morgan fingerprint density at radius 1 is 1.00 bits per heavy atom. The van der Waals surface area contributed by atoms with Crippen LogP contribution in [-0.2, 0) is 0 Å². The molecule has 0 aliphatic heterocycles. The first-order valence-electron chi connectivity index (χ1n) is 11.9. The predicted octanol–water partition coefficient (Wildman–Crippen LogP) is 6.19. The molecule has 4 rings (SSSR count). The number of pyridine rings is 1. The van der Waals surface area contributed by atoms with E-state index >= 15 is 0 Å². The molecule has 4 aromatic rings. The summed E-state index contributed by atoms with van der Waals surface area (Å²) in [4.78, 5) is 41.1. The van der Waals surface area contributed by atoms with Crippen LogP contribution in [0.3, 0.4) is 0 Å². The smallest absolute Gasteiger partial charge is 0.410 e. The number of nitrogens with one attached hydrogen (secondary N) is 3. The minimum Gasteiger partial charge on any atom is -0.410 e. The lowest BCUT2D eigenvalue weighted by Gasteiger charge is -2.14. The van der Waals surface area contributed by atoms with Crippen molar-refractivity contribution in [2.75, 3.05) is 12.4 Å². The molecule has 0 atom stereocenters. The summed E-state index contributed by atoms with van der Waals surface area (Å²) in [7, 11) is 1.56. The van der Waals surface area contributed by atoms with Crippen molar-refractivity contribution in [2.24, 2.45) is 0 Å². The van der Waals surface area contributed by atoms with E-state index in [1.54, 1.807) is 67.9 Å². The van der Waals surface area contributed by atoms with Crippen molar-refractivity contribution in [1.82, 2.24) is 10.3 Å². The molecule has 11 heteroatoms. The Kier molecular flexibility index (Phi) is 9.00. The number of carbonyl (C=O) groups excluding carboxylic acids is 2. The Morgan fingerprint density at radius 2 is 1.75 bits per heavy atom. The Hall–Kier alpha value is -5.29. The first kappa shape index (κ1) is 27.7. The number of carbonyl (C=O) groups is 2. The largest absolute Gasteiger partial charge is 0.417 e. The van der Waals surface area contributed by atoms with Crippen molar-refractivity contribution in [3.05, 3.63) is 124 Å². The van der Waals surface area contributed by atoms with Gasteiger partial charge in [0.15, 0.2) is 0 Å². The second-order valence-electron chi connectivity index (χ2n) is 8.15. The average Bonchev–Trinajstić information content (AvgIpc) is 2.96. The summed E-state index contributed by atoms with van der Waals surface area (Å²) in [6.07, 6.45) is 4.05. The quantitative estimate of drug-likeness (QED) is 0.127. The number of anilines is 1. The molecule has 2 amide bonds. The number of ether oxygens (including phenoxy) is 1. The maximum absolute atomic E-state index is 12.8. The zero-order valence-corrected chi connectivity index (χ0v) is 22.0. The van der Waals surface area contributed by atoms with Gasteiger partial charge in [0, 0.05) is 40.7 Å². The molecular weight excluding hydrogens is 530 g/mol. The van der Waals surface area contributed by atoms with Gasteiger partial charge in [-0.05, 0) is 66.7 Å². The molecule has 1 aromatic heterocycles. The highest BCUT2D eigenvalue weighted by atomic mass is 32.2. The van der Waals surface area contributed by atoms with Crippen LogP contribution >= 0.6 is 11.8 Å². The average molecular weight is 554 g/mol. The monoisotopic (exact) mass is 553 g/mol. The van der Waals surface area contributed by atoms with Crippen LogP contribution in [0.5, 0.6) is 5.75 Å². The van der Waals surface area contributed by atoms with Crippen molar-refractivity contribution in [3.8, 4) is 5.75 Å². The Balaban J connectivity index is 1.62. The molecule has 0 aliphatic carbocycles. The molecule has 200 valence electrons. The summed E-state index contributed by atoms with van der Waals surface area (Å²) in [5, 5.41) is 24.8. The minimum atomic E-state index is -0.843. The van der Waals surface area contributed by atoms with Crippen LogP contribution < -0.4 is 15.4 Å². The molecule has 1 heterocycles. The van der Waals surface area contributed by atoms with Crippen molar-refractivity contribution >= 4 is 46.9 Å². The van der Waals surface area contributed by atoms with Gasteiger partial charge in [-0.25, -0.2) is 4.79 Å². The molecule has 40 heavy (non-hydrogen) atoms. The highest BCUT2D eigenvalue weighted by Gasteiger charge is 2.16. The van der Waals surface area contributed by atoms with Gasteiger partial charge in [0.25, 0.3) is 11.6 Å². The molecule has 0 fully saturated rings. The van der Waals surface area contributed by atoms with Crippen LogP contribution in [0.4, 0.5) is 16.2 Å². The third-order valence-corrected chi connectivity index (χ3v) is 6.54. The maximum atomic E-state index is 12.8. The number of nitro groups is 1. The number of amides is 2. The van der Waals surface area contributed by atoms with E-state index in [0.717, 1.165) is 0 Å². The van der Waals surface area contributed by atoms with Gasteiger partial charge in [-0.3, -0.25) is 25.2 Å². The standard InChI is InChI=1S/C29H23N5O5S/c1-31-28(35)24-7-2-3-8-27(24)40-22-14-15-23(25(30)16-9-19-6-4-5-17-32-19)26(18-22)33-29(36)39-21-12-10-20(11-13-21)34(37)38/h2-18,30H,1H3,(H,31,35)(H,33,36)/b16-9+,30-25?. The number of hydrogen-bond donors (Lipinski definition) is 3. The topological polar surface area (TPSA) is 147 Å². The summed E-state index contributed by atoms with van der Waals surface area (Å²) < 4.78 is 5.31. The van der Waals surface area contributed by atoms with E-state index < -0.39 is 11.0 Å². The SMILES string of the molecule is CNC(=O)c1ccccc1Sc1ccc(C(=N)/C=C/c2ccccn2)c(NC(=O)Oc2ccc([N+](=O)[O-])cc2)c1. The molecule has 0 saturated heterocycles. The van der Waals surface area contributed by atoms with Gasteiger partial charge in [0.1, 0.15) is 5.75 Å². The minimum absolute atomic E-state index is 0.110. The van der Waals surface area contributed by atoms with Gasteiger partial charge in [-0.2, -0.15) is 0 Å². The number of allylic oxidation sites excluding steroid dienone is 1. The molecule has 0 aliphatic rings. The van der Waals surface area contributed by atoms with Gasteiger partial charge in [0.05, 0.1) is 27.6 Å². The van der Waals surface area contributed by atoms with Gasteiger partial charge in [0.2, 0.25) is 0 Å². The number of rotatable bonds is 9. The molecule has 3 aromatic carbocycles. The van der Waals surface area contributed by atoms with E-state index in [2.05, 4.69) is 15.6 Å². The summed E-state index contributed by atoms with van der Waals surface area (Å²) in [5.41, 5.74) is 1.85. The van der Waals surface area contributed by atoms with Crippen LogP contribution in [0, 0.1) is 15.5 Å². The van der Waals surface area contributed by atoms with Gasteiger partial charge >= 0.3 is 6.09 Å². The molecular formula is C29H23N5O5S. The van der Waals surface area contributed by atoms with E-state index in [9.17, 15) is 19.7 Å². The lowest BCUT2D eigenvalue weighted by Crippen LogP contribution is -2.19. The van der Waals surface area contributed by atoms with Crippen molar-refractivity contribution in [1.29, 1.82) is 5.41 Å². The highest BCUT2D eigenvalue weighted by Crippen LogP contribution is 2.33. The van der Waals surface area contributed by atoms with Gasteiger partial charge in [-0.15, -0.1) is 0 Å². The highest BCUT2D eigenvalue weighted by molar-refractivity contribution is 7.99. The second kappa shape index (κ2) is 13.0. The fourth-order valence-corrected chi connectivity index (χ4v) is 4.53. The number of nitro benzene ring substituents is 1. The van der Waals surface area contributed by atoms with Crippen LogP contribution in [0.2, 0.25) is 0 Å². The second-order valence-corrected chi connectivity index (χ2v) is 9.27. The number of benzene rings is 3. The maximum Gasteiger partial charge on any atom is 0.417 e. The predicted molar refractivity (Wildman–Crippen MR) is 153 cm³/mol. The van der Waals surface area contributed by atoms with Gasteiger partial charge in [-0.1, -0.05) is 30.0 Å². The number of non-ortho nitro benzene ring substituents is 1. The molecule has 0 bridgehead atoms. The zero-order chi connectivity index (χ0) is 28.5. The van der Waals surface area contributed by atoms with E-state index in [4.69, 9.17) is 10.1 Å². The van der Waals surface area contributed by atoms with E-state index in [1.807, 2.05) is 18.2 Å².